The third-order valence-electron chi connectivity index (χ3n) is 4.86. The van der Waals surface area contributed by atoms with E-state index in [4.69, 9.17) is 4.74 Å². The Morgan fingerprint density at radius 2 is 2.31 bits per heavy atom. The summed E-state index contributed by atoms with van der Waals surface area (Å²) >= 11 is 3.23. The molecule has 2 N–H and O–H groups in total. The summed E-state index contributed by atoms with van der Waals surface area (Å²) in [4.78, 5) is 38.3. The predicted octanol–water partition coefficient (Wildman–Crippen LogP) is 2.82. The molecule has 3 aromatic heterocycles. The average molecular weight is 431 g/mol. The number of carbonyl (C=O) groups excluding carboxylic acids is 1. The Labute approximate surface area is 176 Å². The van der Waals surface area contributed by atoms with Crippen LogP contribution in [0.3, 0.4) is 0 Å². The van der Waals surface area contributed by atoms with Crippen molar-refractivity contribution in [3.63, 3.8) is 0 Å². The van der Waals surface area contributed by atoms with Crippen molar-refractivity contribution in [3.05, 3.63) is 50.5 Å². The van der Waals surface area contributed by atoms with Gasteiger partial charge in [-0.05, 0) is 30.9 Å². The molecule has 0 fully saturated rings. The second-order valence-corrected chi connectivity index (χ2v) is 8.99. The molecule has 0 bridgehead atoms. The van der Waals surface area contributed by atoms with Crippen LogP contribution in [0.1, 0.15) is 34.7 Å². The normalized spacial score (nSPS) is 12.9. The number of thiophene rings is 1. The first kappa shape index (κ1) is 19.9. The molecule has 29 heavy (non-hydrogen) atoms. The van der Waals surface area contributed by atoms with E-state index >= 15 is 0 Å². The molecule has 4 rings (SSSR count). The van der Waals surface area contributed by atoms with Crippen LogP contribution in [-0.4, -0.2) is 33.7 Å². The van der Waals surface area contributed by atoms with Crippen LogP contribution in [-0.2, 0) is 29.9 Å². The van der Waals surface area contributed by atoms with E-state index in [9.17, 15) is 9.59 Å². The van der Waals surface area contributed by atoms with Gasteiger partial charge in [0.1, 0.15) is 10.7 Å². The number of carbonyl (C=O) groups is 1. The minimum atomic E-state index is -0.0341. The maximum atomic E-state index is 12.5. The first-order valence-electron chi connectivity index (χ1n) is 9.51. The number of nitrogens with one attached hydrogen (secondary N) is 2. The number of aromatic nitrogens is 3. The number of pyridine rings is 1. The predicted molar refractivity (Wildman–Crippen MR) is 116 cm³/mol. The van der Waals surface area contributed by atoms with Gasteiger partial charge < -0.3 is 15.0 Å². The van der Waals surface area contributed by atoms with Gasteiger partial charge in [-0.15, -0.1) is 11.3 Å². The maximum Gasteiger partial charge on any atom is 0.259 e. The quantitative estimate of drug-likeness (QED) is 0.534. The van der Waals surface area contributed by atoms with Crippen molar-refractivity contribution in [1.82, 2.24) is 20.3 Å². The Balaban J connectivity index is 1.26. The second kappa shape index (κ2) is 8.96. The van der Waals surface area contributed by atoms with Crippen LogP contribution in [0.25, 0.3) is 10.2 Å². The third kappa shape index (κ3) is 4.45. The molecule has 0 saturated carbocycles. The van der Waals surface area contributed by atoms with Crippen molar-refractivity contribution in [2.24, 2.45) is 0 Å². The van der Waals surface area contributed by atoms with Gasteiger partial charge in [0.05, 0.1) is 18.2 Å². The van der Waals surface area contributed by atoms with Gasteiger partial charge in [0.25, 0.3) is 5.56 Å². The monoisotopic (exact) mass is 430 g/mol. The van der Waals surface area contributed by atoms with Gasteiger partial charge >= 0.3 is 0 Å². The molecule has 1 aliphatic rings. The van der Waals surface area contributed by atoms with Gasteiger partial charge in [-0.2, -0.15) is 11.8 Å². The van der Waals surface area contributed by atoms with E-state index in [2.05, 4.69) is 20.3 Å². The number of aromatic amines is 1. The maximum absolute atomic E-state index is 12.5. The van der Waals surface area contributed by atoms with Crippen LogP contribution in [0.5, 0.6) is 5.88 Å². The number of methoxy groups -OCH3 is 1. The van der Waals surface area contributed by atoms with Crippen LogP contribution >= 0.6 is 23.1 Å². The molecule has 0 aromatic carbocycles. The van der Waals surface area contributed by atoms with Crippen LogP contribution in [0.4, 0.5) is 0 Å². The standard InChI is InChI=1S/C20H22N4O3S2/c1-27-19-12(4-3-8-21-19)10-22-16(25)7-9-28-11-15-23-18(26)17-13-5-2-6-14(13)29-20(17)24-15/h3-4,8H,2,5-7,9-11H2,1H3,(H,22,25)(H,23,24,26). The van der Waals surface area contributed by atoms with Crippen LogP contribution in [0.2, 0.25) is 0 Å². The minimum Gasteiger partial charge on any atom is -0.481 e. The number of fused-ring (bicyclic) bond motifs is 3. The van der Waals surface area contributed by atoms with Gasteiger partial charge in [-0.1, -0.05) is 6.07 Å². The first-order chi connectivity index (χ1) is 14.2. The lowest BCUT2D eigenvalue weighted by Crippen LogP contribution is -2.23. The zero-order valence-electron chi connectivity index (χ0n) is 16.1. The van der Waals surface area contributed by atoms with Gasteiger partial charge in [0.2, 0.25) is 11.8 Å². The molecule has 0 aliphatic heterocycles. The number of hydrogen-bond donors (Lipinski definition) is 2. The Morgan fingerprint density at radius 3 is 3.17 bits per heavy atom. The van der Waals surface area contributed by atoms with Crippen molar-refractivity contribution in [2.75, 3.05) is 12.9 Å². The Bertz CT molecular complexity index is 1090. The molecule has 7 nitrogen and oxygen atoms in total. The summed E-state index contributed by atoms with van der Waals surface area (Å²) in [7, 11) is 1.56. The smallest absolute Gasteiger partial charge is 0.259 e. The molecule has 0 saturated heterocycles. The Kier molecular flexibility index (Phi) is 6.15. The molecule has 0 atom stereocenters. The van der Waals surface area contributed by atoms with E-state index in [1.54, 1.807) is 36.4 Å². The summed E-state index contributed by atoms with van der Waals surface area (Å²) in [5, 5.41) is 3.66. The molecule has 1 amide bonds. The summed E-state index contributed by atoms with van der Waals surface area (Å²) in [6.45, 7) is 0.384. The summed E-state index contributed by atoms with van der Waals surface area (Å²) < 4.78 is 5.18. The fourth-order valence-electron chi connectivity index (χ4n) is 3.47. The fourth-order valence-corrected chi connectivity index (χ4v) is 5.56. The molecule has 3 heterocycles. The van der Waals surface area contributed by atoms with Crippen LogP contribution < -0.4 is 15.6 Å². The van der Waals surface area contributed by atoms with E-state index in [0.29, 0.717) is 36.2 Å². The van der Waals surface area contributed by atoms with Gasteiger partial charge in [0, 0.05) is 35.4 Å². The van der Waals surface area contributed by atoms with Gasteiger partial charge in [0.15, 0.2) is 0 Å². The molecule has 3 aromatic rings. The van der Waals surface area contributed by atoms with E-state index in [0.717, 1.165) is 35.0 Å². The molecule has 1 aliphatic carbocycles. The number of hydrogen-bond acceptors (Lipinski definition) is 7. The summed E-state index contributed by atoms with van der Waals surface area (Å²) in [5.74, 6) is 2.39. The Hall–Kier alpha value is -2.39. The molecule has 0 radical (unpaired) electrons. The SMILES string of the molecule is COc1ncccc1CNC(=O)CCSCc1nc2sc3c(c2c(=O)[nH]1)CCC3. The number of H-pyrrole nitrogens is 1. The van der Waals surface area contributed by atoms with Crippen LogP contribution in [0.15, 0.2) is 23.1 Å². The number of ether oxygens (including phenoxy) is 1. The van der Waals surface area contributed by atoms with Crippen molar-refractivity contribution in [1.29, 1.82) is 0 Å². The van der Waals surface area contributed by atoms with E-state index in [-0.39, 0.29) is 11.5 Å². The topological polar surface area (TPSA) is 97.0 Å². The lowest BCUT2D eigenvalue weighted by molar-refractivity contribution is -0.120. The molecule has 0 unspecified atom stereocenters. The summed E-state index contributed by atoms with van der Waals surface area (Å²) in [6, 6.07) is 3.69. The highest BCUT2D eigenvalue weighted by atomic mass is 32.2. The van der Waals surface area contributed by atoms with Crippen molar-refractivity contribution in [2.45, 2.75) is 38.0 Å². The number of thioether (sulfide) groups is 1. The average Bonchev–Trinajstić information content (AvgIpc) is 3.30. The number of aryl methyl sites for hydroxylation is 2. The third-order valence-corrected chi connectivity index (χ3v) is 7.01. The zero-order valence-corrected chi connectivity index (χ0v) is 17.8. The fraction of sp³-hybridized carbons (Fsp3) is 0.400. The van der Waals surface area contributed by atoms with Gasteiger partial charge in [-0.3, -0.25) is 9.59 Å². The van der Waals surface area contributed by atoms with Crippen molar-refractivity contribution in [3.8, 4) is 5.88 Å². The molecule has 152 valence electrons. The van der Waals surface area contributed by atoms with Gasteiger partial charge in [-0.25, -0.2) is 9.97 Å². The van der Waals surface area contributed by atoms with E-state index < -0.39 is 0 Å². The highest BCUT2D eigenvalue weighted by Gasteiger charge is 2.21. The lowest BCUT2D eigenvalue weighted by Gasteiger charge is -2.08. The molecule has 9 heteroatoms. The van der Waals surface area contributed by atoms with Crippen LogP contribution in [0, 0.1) is 0 Å². The first-order valence-corrected chi connectivity index (χ1v) is 11.5. The largest absolute Gasteiger partial charge is 0.481 e. The minimum absolute atomic E-state index is 0.0324. The van der Waals surface area contributed by atoms with Crippen molar-refractivity contribution < 1.29 is 9.53 Å². The zero-order chi connectivity index (χ0) is 20.2. The highest BCUT2D eigenvalue weighted by Crippen LogP contribution is 2.34. The number of amides is 1. The summed E-state index contributed by atoms with van der Waals surface area (Å²) in [6.07, 6.45) is 5.21. The van der Waals surface area contributed by atoms with E-state index in [1.165, 1.54) is 10.4 Å². The molecular formula is C20H22N4O3S2. The van der Waals surface area contributed by atoms with Crippen molar-refractivity contribution >= 4 is 39.2 Å². The second-order valence-electron chi connectivity index (χ2n) is 6.80. The molecular weight excluding hydrogens is 408 g/mol. The molecule has 0 spiro atoms. The highest BCUT2D eigenvalue weighted by molar-refractivity contribution is 7.98. The van der Waals surface area contributed by atoms with E-state index in [1.807, 2.05) is 12.1 Å². The number of nitrogens with zero attached hydrogens (tertiary/aromatic N) is 2. The lowest BCUT2D eigenvalue weighted by atomic mass is 10.2. The Morgan fingerprint density at radius 1 is 1.41 bits per heavy atom. The number of rotatable bonds is 8. The summed E-state index contributed by atoms with van der Waals surface area (Å²) in [5.41, 5.74) is 2.00.